The number of nitrogen functional groups attached to an aromatic ring is 1. The minimum atomic E-state index is -0.702. The van der Waals surface area contributed by atoms with Crippen LogP contribution in [0.25, 0.3) is 11.3 Å². The van der Waals surface area contributed by atoms with Gasteiger partial charge in [-0.3, -0.25) is 0 Å². The molecule has 1 heterocycles. The van der Waals surface area contributed by atoms with Crippen molar-refractivity contribution in [3.05, 3.63) is 35.7 Å². The number of terminal acetylenes is 1. The van der Waals surface area contributed by atoms with Crippen molar-refractivity contribution in [1.29, 1.82) is 0 Å². The van der Waals surface area contributed by atoms with Gasteiger partial charge in [0.2, 0.25) is 0 Å². The molecule has 3 nitrogen and oxygen atoms in total. The molecule has 1 aromatic carbocycles. The summed E-state index contributed by atoms with van der Waals surface area (Å²) >= 11 is 0. The predicted molar refractivity (Wildman–Crippen MR) is 65.6 cm³/mol. The van der Waals surface area contributed by atoms with Crippen LogP contribution in [0.5, 0.6) is 0 Å². The van der Waals surface area contributed by atoms with E-state index in [2.05, 4.69) is 10.9 Å². The van der Waals surface area contributed by atoms with Gasteiger partial charge in [0.15, 0.2) is 0 Å². The number of imidazole rings is 1. The highest BCUT2D eigenvalue weighted by Crippen LogP contribution is 2.30. The number of rotatable bonds is 2. The largest absolute Gasteiger partial charge is 0.383 e. The van der Waals surface area contributed by atoms with Gasteiger partial charge in [0.1, 0.15) is 29.0 Å². The number of anilines is 1. The summed E-state index contributed by atoms with van der Waals surface area (Å²) in [6.07, 6.45) is 5.20. The van der Waals surface area contributed by atoms with E-state index in [0.29, 0.717) is 5.82 Å². The van der Waals surface area contributed by atoms with Gasteiger partial charge in [0.05, 0.1) is 12.1 Å². The second-order valence-corrected chi connectivity index (χ2v) is 3.78. The molecule has 0 aliphatic heterocycles. The van der Waals surface area contributed by atoms with E-state index in [1.54, 1.807) is 6.92 Å². The van der Waals surface area contributed by atoms with E-state index in [9.17, 15) is 8.78 Å². The minimum Gasteiger partial charge on any atom is -0.383 e. The number of nitrogens with zero attached hydrogens (tertiary/aromatic N) is 2. The van der Waals surface area contributed by atoms with Crippen LogP contribution in [0.2, 0.25) is 0 Å². The molecule has 2 aromatic rings. The molecule has 1 aromatic heterocycles. The summed E-state index contributed by atoms with van der Waals surface area (Å²) in [5.74, 6) is 1.69. The second kappa shape index (κ2) is 4.49. The fraction of sp³-hybridized carbons (Fsp3) is 0.154. The van der Waals surface area contributed by atoms with Gasteiger partial charge in [0.25, 0.3) is 0 Å². The molecule has 0 bridgehead atoms. The standard InChI is InChI=1S/C13H11F2N3/c1-3-7-18-8(2)17-12(13(18)16)11-9(14)5-4-6-10(11)15/h1,4-6H,7,16H2,2H3. The van der Waals surface area contributed by atoms with Crippen molar-refractivity contribution in [2.24, 2.45) is 0 Å². The number of aryl methyl sites for hydroxylation is 1. The van der Waals surface area contributed by atoms with Crippen molar-refractivity contribution >= 4 is 5.82 Å². The summed E-state index contributed by atoms with van der Waals surface area (Å²) in [5.41, 5.74) is 5.69. The van der Waals surface area contributed by atoms with Crippen LogP contribution in [0.3, 0.4) is 0 Å². The number of benzene rings is 1. The summed E-state index contributed by atoms with van der Waals surface area (Å²) in [4.78, 5) is 4.08. The average molecular weight is 247 g/mol. The van der Waals surface area contributed by atoms with Crippen molar-refractivity contribution in [3.63, 3.8) is 0 Å². The van der Waals surface area contributed by atoms with E-state index in [4.69, 9.17) is 12.2 Å². The van der Waals surface area contributed by atoms with E-state index >= 15 is 0 Å². The van der Waals surface area contributed by atoms with Crippen LogP contribution in [0, 0.1) is 30.9 Å². The van der Waals surface area contributed by atoms with E-state index in [-0.39, 0.29) is 23.6 Å². The number of nitrogens with two attached hydrogens (primary N) is 1. The molecule has 2 N–H and O–H groups in total. The van der Waals surface area contributed by atoms with Crippen LogP contribution in [0.1, 0.15) is 5.82 Å². The van der Waals surface area contributed by atoms with Gasteiger partial charge < -0.3 is 10.3 Å². The van der Waals surface area contributed by atoms with Gasteiger partial charge in [-0.05, 0) is 19.1 Å². The van der Waals surface area contributed by atoms with Gasteiger partial charge in [-0.25, -0.2) is 13.8 Å². The van der Waals surface area contributed by atoms with Gasteiger partial charge in [-0.2, -0.15) is 0 Å². The minimum absolute atomic E-state index is 0.0818. The maximum absolute atomic E-state index is 13.7. The smallest absolute Gasteiger partial charge is 0.135 e. The summed E-state index contributed by atoms with van der Waals surface area (Å²) in [6, 6.07) is 3.61. The molecule has 0 spiro atoms. The van der Waals surface area contributed by atoms with Crippen LogP contribution in [0.15, 0.2) is 18.2 Å². The summed E-state index contributed by atoms with van der Waals surface area (Å²) in [6.45, 7) is 1.89. The van der Waals surface area contributed by atoms with Crippen LogP contribution in [0.4, 0.5) is 14.6 Å². The molecule has 0 atom stereocenters. The van der Waals surface area contributed by atoms with E-state index in [0.717, 1.165) is 12.1 Å². The Morgan fingerprint density at radius 2 is 2.00 bits per heavy atom. The Morgan fingerprint density at radius 1 is 1.39 bits per heavy atom. The molecule has 0 aliphatic rings. The number of halogens is 2. The first kappa shape index (κ1) is 12.1. The van der Waals surface area contributed by atoms with Crippen LogP contribution in [-0.4, -0.2) is 9.55 Å². The zero-order chi connectivity index (χ0) is 13.3. The first-order valence-corrected chi connectivity index (χ1v) is 5.26. The molecule has 0 fully saturated rings. The van der Waals surface area contributed by atoms with Crippen LogP contribution >= 0.6 is 0 Å². The van der Waals surface area contributed by atoms with Gasteiger partial charge >= 0.3 is 0 Å². The van der Waals surface area contributed by atoms with Crippen molar-refractivity contribution in [1.82, 2.24) is 9.55 Å². The molecular weight excluding hydrogens is 236 g/mol. The lowest BCUT2D eigenvalue weighted by atomic mass is 10.1. The molecule has 0 saturated heterocycles. The number of hydrogen-bond donors (Lipinski definition) is 1. The molecular formula is C13H11F2N3. The molecule has 0 saturated carbocycles. The monoisotopic (exact) mass is 247 g/mol. The first-order valence-electron chi connectivity index (χ1n) is 5.26. The fourth-order valence-electron chi connectivity index (χ4n) is 1.78. The fourth-order valence-corrected chi connectivity index (χ4v) is 1.78. The van der Waals surface area contributed by atoms with Crippen LogP contribution < -0.4 is 5.73 Å². The Bertz CT molecular complexity index is 618. The summed E-state index contributed by atoms with van der Waals surface area (Å²) in [5, 5.41) is 0. The third kappa shape index (κ3) is 1.82. The van der Waals surface area contributed by atoms with Gasteiger partial charge in [-0.1, -0.05) is 12.0 Å². The molecule has 0 aliphatic carbocycles. The number of hydrogen-bond acceptors (Lipinski definition) is 2. The zero-order valence-corrected chi connectivity index (χ0v) is 9.74. The molecule has 0 unspecified atom stereocenters. The summed E-state index contributed by atoms with van der Waals surface area (Å²) in [7, 11) is 0. The molecule has 2 rings (SSSR count). The highest BCUT2D eigenvalue weighted by Gasteiger charge is 2.19. The Hall–Kier alpha value is -2.35. The lowest BCUT2D eigenvalue weighted by Gasteiger charge is -2.04. The first-order chi connectivity index (χ1) is 8.56. The van der Waals surface area contributed by atoms with Crippen molar-refractivity contribution in [3.8, 4) is 23.6 Å². The highest BCUT2D eigenvalue weighted by molar-refractivity contribution is 5.72. The zero-order valence-electron chi connectivity index (χ0n) is 9.74. The normalized spacial score (nSPS) is 10.3. The Morgan fingerprint density at radius 3 is 2.56 bits per heavy atom. The molecule has 18 heavy (non-hydrogen) atoms. The predicted octanol–water partition coefficient (Wildman–Crippen LogP) is 2.35. The third-order valence-electron chi connectivity index (χ3n) is 2.65. The van der Waals surface area contributed by atoms with Crippen molar-refractivity contribution in [2.45, 2.75) is 13.5 Å². The van der Waals surface area contributed by atoms with Gasteiger partial charge in [0, 0.05) is 0 Å². The molecule has 0 radical (unpaired) electrons. The van der Waals surface area contributed by atoms with E-state index in [1.165, 1.54) is 10.6 Å². The molecule has 0 amide bonds. The average Bonchev–Trinajstić information content (AvgIpc) is 2.58. The second-order valence-electron chi connectivity index (χ2n) is 3.78. The Balaban J connectivity index is 2.66. The van der Waals surface area contributed by atoms with Crippen molar-refractivity contribution < 1.29 is 8.78 Å². The highest BCUT2D eigenvalue weighted by atomic mass is 19.1. The van der Waals surface area contributed by atoms with E-state index < -0.39 is 11.6 Å². The lowest BCUT2D eigenvalue weighted by Crippen LogP contribution is -2.04. The molecule has 5 heteroatoms. The Labute approximate surface area is 103 Å². The summed E-state index contributed by atoms with van der Waals surface area (Å²) < 4.78 is 28.8. The van der Waals surface area contributed by atoms with Crippen LogP contribution in [-0.2, 0) is 6.54 Å². The maximum Gasteiger partial charge on any atom is 0.135 e. The van der Waals surface area contributed by atoms with Crippen molar-refractivity contribution in [2.75, 3.05) is 5.73 Å². The molecule has 92 valence electrons. The van der Waals surface area contributed by atoms with Gasteiger partial charge in [-0.15, -0.1) is 6.42 Å². The number of aromatic nitrogens is 2. The lowest BCUT2D eigenvalue weighted by molar-refractivity contribution is 0.589. The SMILES string of the molecule is C#CCn1c(C)nc(-c2c(F)cccc2F)c1N. The quantitative estimate of drug-likeness (QED) is 0.828. The Kier molecular flexibility index (Phi) is 3.02. The maximum atomic E-state index is 13.7. The third-order valence-corrected chi connectivity index (χ3v) is 2.65. The topological polar surface area (TPSA) is 43.8 Å². The van der Waals surface area contributed by atoms with E-state index in [1.807, 2.05) is 0 Å².